The third-order valence-electron chi connectivity index (χ3n) is 2.26. The van der Waals surface area contributed by atoms with E-state index in [2.05, 4.69) is 25.8 Å². The number of hydrogen-bond acceptors (Lipinski definition) is 3. The van der Waals surface area contributed by atoms with Crippen molar-refractivity contribution in [2.75, 3.05) is 4.72 Å². The minimum Gasteiger partial charge on any atom is -0.262 e. The summed E-state index contributed by atoms with van der Waals surface area (Å²) in [6.45, 7) is 0. The van der Waals surface area contributed by atoms with E-state index in [1.54, 1.807) is 7.05 Å². The van der Waals surface area contributed by atoms with Crippen molar-refractivity contribution in [1.29, 1.82) is 0 Å². The minimum atomic E-state index is -4.01. The van der Waals surface area contributed by atoms with Gasteiger partial charge >= 0.3 is 0 Å². The third kappa shape index (κ3) is 2.92. The lowest BCUT2D eigenvalue weighted by atomic mass is 10.3. The second-order valence-corrected chi connectivity index (χ2v) is 6.15. The minimum absolute atomic E-state index is 0.0686. The molecule has 1 aromatic heterocycles. The number of hydrogen-bond donors (Lipinski definition) is 1. The van der Waals surface area contributed by atoms with Gasteiger partial charge in [0.05, 0.1) is 4.90 Å². The monoisotopic (exact) mass is 351 g/mol. The van der Waals surface area contributed by atoms with Crippen molar-refractivity contribution >= 4 is 31.8 Å². The molecule has 9 heteroatoms. The SMILES string of the molecule is Cn1nc(NS(=O)(=O)c2ccc(F)c(F)c2)cc1Br. The van der Waals surface area contributed by atoms with Crippen LogP contribution in [0, 0.1) is 11.6 Å². The van der Waals surface area contributed by atoms with Gasteiger partial charge in [0.15, 0.2) is 17.5 Å². The first-order valence-electron chi connectivity index (χ1n) is 4.97. The standard InChI is InChI=1S/C10H8BrF2N3O2S/c1-16-9(11)5-10(14-16)15-19(17,18)6-2-3-7(12)8(13)4-6/h2-5H,1H3,(H,14,15). The molecule has 0 saturated carbocycles. The Bertz CT molecular complexity index is 711. The normalized spacial score (nSPS) is 11.6. The van der Waals surface area contributed by atoms with Crippen LogP contribution in [-0.4, -0.2) is 18.2 Å². The van der Waals surface area contributed by atoms with Crippen molar-refractivity contribution in [1.82, 2.24) is 9.78 Å². The van der Waals surface area contributed by atoms with Gasteiger partial charge in [-0.05, 0) is 34.1 Å². The molecule has 1 aromatic carbocycles. The Morgan fingerprint density at radius 2 is 1.95 bits per heavy atom. The number of nitrogens with one attached hydrogen (secondary N) is 1. The Morgan fingerprint density at radius 3 is 2.47 bits per heavy atom. The Hall–Kier alpha value is -1.48. The molecule has 0 atom stereocenters. The van der Waals surface area contributed by atoms with Crippen LogP contribution in [0.5, 0.6) is 0 Å². The molecule has 0 unspecified atom stereocenters. The number of anilines is 1. The van der Waals surface area contributed by atoms with Crippen LogP contribution in [0.15, 0.2) is 33.8 Å². The molecule has 0 aliphatic rings. The van der Waals surface area contributed by atoms with Crippen LogP contribution in [0.2, 0.25) is 0 Å². The number of aryl methyl sites for hydroxylation is 1. The first kappa shape index (κ1) is 13.9. The number of sulfonamides is 1. The van der Waals surface area contributed by atoms with E-state index in [0.717, 1.165) is 12.1 Å². The van der Waals surface area contributed by atoms with Gasteiger partial charge in [-0.2, -0.15) is 5.10 Å². The summed E-state index contributed by atoms with van der Waals surface area (Å²) in [4.78, 5) is -0.381. The molecule has 5 nitrogen and oxygen atoms in total. The van der Waals surface area contributed by atoms with Crippen LogP contribution >= 0.6 is 15.9 Å². The summed E-state index contributed by atoms with van der Waals surface area (Å²) >= 11 is 3.16. The molecule has 2 rings (SSSR count). The average Bonchev–Trinajstić information content (AvgIpc) is 2.60. The average molecular weight is 352 g/mol. The zero-order valence-electron chi connectivity index (χ0n) is 9.56. The van der Waals surface area contributed by atoms with E-state index in [0.29, 0.717) is 10.7 Å². The summed E-state index contributed by atoms with van der Waals surface area (Å²) in [6.07, 6.45) is 0. The molecule has 1 N–H and O–H groups in total. The molecule has 0 aliphatic carbocycles. The number of rotatable bonds is 3. The molecule has 0 radical (unpaired) electrons. The highest BCUT2D eigenvalue weighted by atomic mass is 79.9. The fourth-order valence-corrected chi connectivity index (χ4v) is 2.63. The highest BCUT2D eigenvalue weighted by molar-refractivity contribution is 9.10. The zero-order chi connectivity index (χ0) is 14.2. The maximum absolute atomic E-state index is 13.0. The van der Waals surface area contributed by atoms with Gasteiger partial charge in [-0.1, -0.05) is 0 Å². The Labute approximate surface area is 116 Å². The van der Waals surface area contributed by atoms with Gasteiger partial charge in [0, 0.05) is 13.1 Å². The summed E-state index contributed by atoms with van der Waals surface area (Å²) in [5.74, 6) is -2.27. The van der Waals surface area contributed by atoms with Gasteiger partial charge in [0.1, 0.15) is 4.60 Å². The van der Waals surface area contributed by atoms with Crippen LogP contribution in [0.3, 0.4) is 0 Å². The van der Waals surface area contributed by atoms with Gasteiger partial charge in [-0.25, -0.2) is 17.2 Å². The molecule has 0 aliphatic heterocycles. The lowest BCUT2D eigenvalue weighted by Crippen LogP contribution is -2.14. The smallest absolute Gasteiger partial charge is 0.262 e. The third-order valence-corrected chi connectivity index (χ3v) is 4.36. The highest BCUT2D eigenvalue weighted by Gasteiger charge is 2.18. The molecule has 2 aromatic rings. The van der Waals surface area contributed by atoms with E-state index in [1.807, 2.05) is 0 Å². The molecule has 0 saturated heterocycles. The molecule has 0 bridgehead atoms. The van der Waals surface area contributed by atoms with Crippen molar-refractivity contribution in [3.8, 4) is 0 Å². The van der Waals surface area contributed by atoms with Gasteiger partial charge in [0.2, 0.25) is 0 Å². The van der Waals surface area contributed by atoms with Crippen molar-refractivity contribution in [2.24, 2.45) is 7.05 Å². The van der Waals surface area contributed by atoms with Crippen LogP contribution in [-0.2, 0) is 17.1 Å². The molecule has 19 heavy (non-hydrogen) atoms. The fraction of sp³-hybridized carbons (Fsp3) is 0.100. The van der Waals surface area contributed by atoms with E-state index in [1.165, 1.54) is 10.7 Å². The van der Waals surface area contributed by atoms with E-state index in [4.69, 9.17) is 0 Å². The fourth-order valence-electron chi connectivity index (χ4n) is 1.33. The van der Waals surface area contributed by atoms with E-state index in [-0.39, 0.29) is 10.7 Å². The summed E-state index contributed by atoms with van der Waals surface area (Å²) < 4.78 is 53.8. The zero-order valence-corrected chi connectivity index (χ0v) is 12.0. The van der Waals surface area contributed by atoms with Crippen LogP contribution < -0.4 is 4.72 Å². The Morgan fingerprint density at radius 1 is 1.26 bits per heavy atom. The topological polar surface area (TPSA) is 64.0 Å². The van der Waals surface area contributed by atoms with E-state index >= 15 is 0 Å². The number of benzene rings is 1. The largest absolute Gasteiger partial charge is 0.263 e. The summed E-state index contributed by atoms with van der Waals surface area (Å²) in [5, 5.41) is 3.87. The molecular weight excluding hydrogens is 344 g/mol. The lowest BCUT2D eigenvalue weighted by molar-refractivity contribution is 0.504. The second kappa shape index (κ2) is 4.89. The van der Waals surface area contributed by atoms with Crippen LogP contribution in [0.4, 0.5) is 14.6 Å². The second-order valence-electron chi connectivity index (χ2n) is 3.66. The first-order chi connectivity index (χ1) is 8.79. The lowest BCUT2D eigenvalue weighted by Gasteiger charge is -2.05. The maximum atomic E-state index is 13.0. The number of aromatic nitrogens is 2. The summed E-state index contributed by atoms with van der Waals surface area (Å²) in [7, 11) is -2.40. The Balaban J connectivity index is 2.34. The first-order valence-corrected chi connectivity index (χ1v) is 7.24. The predicted octanol–water partition coefficient (Wildman–Crippen LogP) is 2.26. The maximum Gasteiger partial charge on any atom is 0.263 e. The van der Waals surface area contributed by atoms with Crippen LogP contribution in [0.25, 0.3) is 0 Å². The predicted molar refractivity (Wildman–Crippen MR) is 68.1 cm³/mol. The van der Waals surface area contributed by atoms with Crippen molar-refractivity contribution in [3.05, 3.63) is 40.5 Å². The summed E-state index contributed by atoms with van der Waals surface area (Å²) in [6, 6.07) is 3.77. The van der Waals surface area contributed by atoms with E-state index in [9.17, 15) is 17.2 Å². The van der Waals surface area contributed by atoms with Crippen molar-refractivity contribution in [3.63, 3.8) is 0 Å². The van der Waals surface area contributed by atoms with Gasteiger partial charge in [-0.15, -0.1) is 0 Å². The molecule has 0 fully saturated rings. The summed E-state index contributed by atoms with van der Waals surface area (Å²) in [5.41, 5.74) is 0. The molecule has 0 spiro atoms. The quantitative estimate of drug-likeness (QED) is 0.922. The highest BCUT2D eigenvalue weighted by Crippen LogP contribution is 2.19. The molecular formula is C10H8BrF2N3O2S. The number of nitrogens with zero attached hydrogens (tertiary/aromatic N) is 2. The van der Waals surface area contributed by atoms with Crippen molar-refractivity contribution < 1.29 is 17.2 Å². The molecule has 102 valence electrons. The van der Waals surface area contributed by atoms with Gasteiger partial charge < -0.3 is 0 Å². The molecule has 0 amide bonds. The van der Waals surface area contributed by atoms with Crippen molar-refractivity contribution in [2.45, 2.75) is 4.90 Å². The molecule has 1 heterocycles. The number of halogens is 3. The van der Waals surface area contributed by atoms with E-state index < -0.39 is 21.7 Å². The Kier molecular flexibility index (Phi) is 3.59. The van der Waals surface area contributed by atoms with Gasteiger partial charge in [0.25, 0.3) is 10.0 Å². The van der Waals surface area contributed by atoms with Crippen LogP contribution in [0.1, 0.15) is 0 Å². The van der Waals surface area contributed by atoms with Gasteiger partial charge in [-0.3, -0.25) is 9.40 Å².